The van der Waals surface area contributed by atoms with E-state index in [1.807, 2.05) is 0 Å². The predicted molar refractivity (Wildman–Crippen MR) is 40.5 cm³/mol. The average molecular weight is 178 g/mol. The summed E-state index contributed by atoms with van der Waals surface area (Å²) in [6.45, 7) is 1.45. The summed E-state index contributed by atoms with van der Waals surface area (Å²) < 4.78 is 0. The molecule has 62 valence electrons. The van der Waals surface area contributed by atoms with Crippen LogP contribution in [0, 0.1) is 10.1 Å². The van der Waals surface area contributed by atoms with Crippen molar-refractivity contribution in [2.24, 2.45) is 0 Å². The van der Waals surface area contributed by atoms with E-state index in [0.717, 1.165) is 6.54 Å². The van der Waals surface area contributed by atoms with Gasteiger partial charge in [0.15, 0.2) is 5.82 Å². The Hall–Kier alpha value is -0.970. The van der Waals surface area contributed by atoms with E-state index in [9.17, 15) is 10.1 Å². The summed E-state index contributed by atoms with van der Waals surface area (Å²) in [6, 6.07) is 0. The molecule has 5 nitrogen and oxygen atoms in total. The van der Waals surface area contributed by atoms with Gasteiger partial charge in [-0.05, 0) is 11.6 Å². The summed E-state index contributed by atoms with van der Waals surface area (Å²) in [6.07, 6.45) is 0. The van der Waals surface area contributed by atoms with Gasteiger partial charge in [0.25, 0.3) is 0 Å². The third kappa shape index (κ3) is 1.54. The summed E-state index contributed by atoms with van der Waals surface area (Å²) >= 11 is 5.39. The van der Waals surface area contributed by atoms with Gasteiger partial charge in [0.2, 0.25) is 0 Å². The number of hydrogen-bond donors (Lipinski definition) is 1. The predicted octanol–water partition coefficient (Wildman–Crippen LogP) is 0.163. The summed E-state index contributed by atoms with van der Waals surface area (Å²) in [7, 11) is 1.75. The Bertz CT molecular complexity index is 216. The number of halogens is 1. The third-order valence-corrected chi connectivity index (χ3v) is 1.79. The van der Waals surface area contributed by atoms with E-state index in [-0.39, 0.29) is 5.16 Å². The van der Waals surface area contributed by atoms with Gasteiger partial charge in [0.05, 0.1) is 4.92 Å². The van der Waals surface area contributed by atoms with Crippen molar-refractivity contribution in [1.29, 1.82) is 0 Å². The van der Waals surface area contributed by atoms with E-state index in [1.54, 1.807) is 11.9 Å². The van der Waals surface area contributed by atoms with Crippen LogP contribution in [0.4, 0.5) is 0 Å². The lowest BCUT2D eigenvalue weighted by Crippen LogP contribution is -2.17. The quantitative estimate of drug-likeness (QED) is 0.352. The van der Waals surface area contributed by atoms with Gasteiger partial charge in [-0.25, -0.2) is 0 Å². The molecule has 6 heteroatoms. The molecule has 1 aliphatic rings. The summed E-state index contributed by atoms with van der Waals surface area (Å²) in [5.74, 6) is 0.400. The second-order valence-electron chi connectivity index (χ2n) is 2.24. The van der Waals surface area contributed by atoms with Crippen LogP contribution in [0.2, 0.25) is 0 Å². The molecular weight excluding hydrogens is 170 g/mol. The van der Waals surface area contributed by atoms with Crippen molar-refractivity contribution in [2.45, 2.75) is 0 Å². The molecular formula is C5H8ClN3O2. The van der Waals surface area contributed by atoms with Gasteiger partial charge < -0.3 is 10.2 Å². The fraction of sp³-hybridized carbons (Fsp3) is 0.600. The maximum absolute atomic E-state index is 10.2. The van der Waals surface area contributed by atoms with E-state index >= 15 is 0 Å². The van der Waals surface area contributed by atoms with Gasteiger partial charge in [-0.15, -0.1) is 0 Å². The number of hydrogen-bond acceptors (Lipinski definition) is 4. The van der Waals surface area contributed by atoms with E-state index in [1.165, 1.54) is 0 Å². The molecule has 0 saturated carbocycles. The molecule has 1 saturated heterocycles. The van der Waals surface area contributed by atoms with Crippen LogP contribution < -0.4 is 5.32 Å². The molecule has 0 aromatic carbocycles. The monoisotopic (exact) mass is 177 g/mol. The van der Waals surface area contributed by atoms with Gasteiger partial charge in [0, 0.05) is 20.1 Å². The molecule has 0 unspecified atom stereocenters. The van der Waals surface area contributed by atoms with Crippen LogP contribution in [0.5, 0.6) is 0 Å². The van der Waals surface area contributed by atoms with Crippen LogP contribution in [0.25, 0.3) is 0 Å². The highest BCUT2D eigenvalue weighted by Crippen LogP contribution is 2.13. The minimum Gasteiger partial charge on any atom is -0.363 e. The van der Waals surface area contributed by atoms with Gasteiger partial charge in [-0.2, -0.15) is 0 Å². The normalized spacial score (nSPS) is 21.5. The number of nitro groups is 1. The summed E-state index contributed by atoms with van der Waals surface area (Å²) in [5, 5.41) is 12.7. The van der Waals surface area contributed by atoms with Gasteiger partial charge in [-0.3, -0.25) is 10.1 Å². The zero-order valence-corrected chi connectivity index (χ0v) is 6.76. The minimum absolute atomic E-state index is 0.343. The Balaban J connectivity index is 2.85. The van der Waals surface area contributed by atoms with Gasteiger partial charge in [-0.1, -0.05) is 0 Å². The lowest BCUT2D eigenvalue weighted by Gasteiger charge is -2.08. The first-order valence-corrected chi connectivity index (χ1v) is 3.50. The number of likely N-dealkylation sites (N-methyl/N-ethyl adjacent to an activating group) is 1. The van der Waals surface area contributed by atoms with Crippen molar-refractivity contribution in [2.75, 3.05) is 20.1 Å². The molecule has 1 aliphatic heterocycles. The molecule has 11 heavy (non-hydrogen) atoms. The first-order valence-electron chi connectivity index (χ1n) is 3.12. The first kappa shape index (κ1) is 8.13. The zero-order chi connectivity index (χ0) is 8.43. The van der Waals surface area contributed by atoms with Crippen LogP contribution in [-0.2, 0) is 0 Å². The van der Waals surface area contributed by atoms with Crippen molar-refractivity contribution in [3.63, 3.8) is 0 Å². The topological polar surface area (TPSA) is 58.4 Å². The highest BCUT2D eigenvalue weighted by atomic mass is 35.5. The maximum atomic E-state index is 10.2. The van der Waals surface area contributed by atoms with Crippen LogP contribution in [-0.4, -0.2) is 30.0 Å². The van der Waals surface area contributed by atoms with Gasteiger partial charge >= 0.3 is 5.16 Å². The van der Waals surface area contributed by atoms with Crippen LogP contribution in [0.15, 0.2) is 11.0 Å². The molecule has 0 aromatic rings. The molecule has 0 bridgehead atoms. The molecule has 1 rings (SSSR count). The highest BCUT2D eigenvalue weighted by molar-refractivity contribution is 6.28. The molecule has 1 N–H and O–H groups in total. The summed E-state index contributed by atoms with van der Waals surface area (Å²) in [5.41, 5.74) is 0. The molecule has 1 heterocycles. The highest BCUT2D eigenvalue weighted by Gasteiger charge is 2.23. The van der Waals surface area contributed by atoms with E-state index in [4.69, 9.17) is 11.6 Å². The van der Waals surface area contributed by atoms with Crippen molar-refractivity contribution in [1.82, 2.24) is 10.2 Å². The lowest BCUT2D eigenvalue weighted by atomic mass is 10.6. The molecule has 0 spiro atoms. The third-order valence-electron chi connectivity index (χ3n) is 1.48. The van der Waals surface area contributed by atoms with E-state index in [2.05, 4.69) is 5.32 Å². The largest absolute Gasteiger partial charge is 0.377 e. The first-order chi connectivity index (χ1) is 5.13. The Morgan fingerprint density at radius 2 is 2.55 bits per heavy atom. The SMILES string of the molecule is CN1CCNC1=C(Cl)[N+](=O)[O-]. The minimum atomic E-state index is -0.605. The van der Waals surface area contributed by atoms with Crippen LogP contribution >= 0.6 is 11.6 Å². The van der Waals surface area contributed by atoms with Crippen molar-refractivity contribution >= 4 is 11.6 Å². The molecule has 0 atom stereocenters. The van der Waals surface area contributed by atoms with E-state index < -0.39 is 4.92 Å². The smallest absolute Gasteiger partial charge is 0.363 e. The van der Waals surface area contributed by atoms with Crippen LogP contribution in [0.3, 0.4) is 0 Å². The summed E-state index contributed by atoms with van der Waals surface area (Å²) in [4.78, 5) is 11.3. The molecule has 0 amide bonds. The average Bonchev–Trinajstić information content (AvgIpc) is 2.33. The number of rotatable bonds is 1. The molecule has 0 radical (unpaired) electrons. The standard InChI is InChI=1S/C5H8ClN3O2/c1-8-3-2-7-5(8)4(6)9(10)11/h7H,2-3H2,1H3. The second kappa shape index (κ2) is 2.96. The lowest BCUT2D eigenvalue weighted by molar-refractivity contribution is -0.414. The zero-order valence-electron chi connectivity index (χ0n) is 6.00. The Labute approximate surface area is 68.8 Å². The Morgan fingerprint density at radius 1 is 1.91 bits per heavy atom. The van der Waals surface area contributed by atoms with Gasteiger partial charge in [0.1, 0.15) is 0 Å². The number of nitrogens with zero attached hydrogens (tertiary/aromatic N) is 2. The van der Waals surface area contributed by atoms with Crippen LogP contribution in [0.1, 0.15) is 0 Å². The molecule has 1 fully saturated rings. The molecule has 0 aliphatic carbocycles. The number of nitrogens with one attached hydrogen (secondary N) is 1. The fourth-order valence-electron chi connectivity index (χ4n) is 0.906. The molecule has 0 aromatic heterocycles. The van der Waals surface area contributed by atoms with E-state index in [0.29, 0.717) is 12.4 Å². The van der Waals surface area contributed by atoms with Crippen molar-refractivity contribution < 1.29 is 4.92 Å². The Kier molecular flexibility index (Phi) is 2.19. The second-order valence-corrected chi connectivity index (χ2v) is 2.60. The van der Waals surface area contributed by atoms with Crippen molar-refractivity contribution in [3.05, 3.63) is 21.1 Å². The van der Waals surface area contributed by atoms with Crippen molar-refractivity contribution in [3.8, 4) is 0 Å². The maximum Gasteiger partial charge on any atom is 0.377 e. The Morgan fingerprint density at radius 3 is 2.91 bits per heavy atom. The fourth-order valence-corrected chi connectivity index (χ4v) is 1.12.